The van der Waals surface area contributed by atoms with E-state index in [-0.39, 0.29) is 6.04 Å². The Kier molecular flexibility index (Phi) is 5.81. The summed E-state index contributed by atoms with van der Waals surface area (Å²) in [6.45, 7) is 11.0. The first kappa shape index (κ1) is 17.7. The molecular weight excluding hydrogens is 272 g/mol. The van der Waals surface area contributed by atoms with Gasteiger partial charge in [-0.25, -0.2) is 0 Å². The molecule has 0 aromatic rings. The summed E-state index contributed by atoms with van der Waals surface area (Å²) < 4.78 is 0. The molecule has 0 aromatic carbocycles. The third-order valence-electron chi connectivity index (χ3n) is 5.96. The standard InChI is InChI=1S/C19H34N2O/c1-12-10-13(2)19(14(3)11-12)20-15(4)17-8-7-9-18(16(5)22)21(17)6/h12-14,17-19H,7-11H2,1-6H3. The van der Waals surface area contributed by atoms with Crippen molar-refractivity contribution in [2.45, 2.75) is 84.8 Å². The van der Waals surface area contributed by atoms with Gasteiger partial charge in [0.1, 0.15) is 5.78 Å². The zero-order valence-electron chi connectivity index (χ0n) is 15.3. The lowest BCUT2D eigenvalue weighted by Gasteiger charge is -2.40. The number of ketones is 1. The first-order valence-corrected chi connectivity index (χ1v) is 9.08. The van der Waals surface area contributed by atoms with E-state index in [1.165, 1.54) is 18.6 Å². The highest BCUT2D eigenvalue weighted by Crippen LogP contribution is 2.35. The van der Waals surface area contributed by atoms with Gasteiger partial charge >= 0.3 is 0 Å². The second kappa shape index (κ2) is 7.25. The van der Waals surface area contributed by atoms with Gasteiger partial charge in [-0.05, 0) is 70.8 Å². The van der Waals surface area contributed by atoms with Crippen LogP contribution in [0.4, 0.5) is 0 Å². The van der Waals surface area contributed by atoms with Crippen LogP contribution in [-0.2, 0) is 4.79 Å². The lowest BCUT2D eigenvalue weighted by Crippen LogP contribution is -2.50. The van der Waals surface area contributed by atoms with Gasteiger partial charge in [-0.3, -0.25) is 14.7 Å². The fourth-order valence-electron chi connectivity index (χ4n) is 4.90. The van der Waals surface area contributed by atoms with E-state index < -0.39 is 0 Å². The number of carbonyl (C=O) groups excluding carboxylic acids is 1. The van der Waals surface area contributed by atoms with Gasteiger partial charge in [0, 0.05) is 11.8 Å². The number of carbonyl (C=O) groups is 1. The van der Waals surface area contributed by atoms with E-state index in [1.54, 1.807) is 6.92 Å². The zero-order chi connectivity index (χ0) is 16.4. The molecule has 0 aromatic heterocycles. The summed E-state index contributed by atoms with van der Waals surface area (Å²) in [5.74, 6) is 2.47. The minimum Gasteiger partial charge on any atom is -0.298 e. The van der Waals surface area contributed by atoms with E-state index in [1.807, 2.05) is 0 Å². The van der Waals surface area contributed by atoms with E-state index in [0.29, 0.717) is 29.7 Å². The van der Waals surface area contributed by atoms with E-state index in [2.05, 4.69) is 39.6 Å². The van der Waals surface area contributed by atoms with Crippen molar-refractivity contribution in [1.29, 1.82) is 0 Å². The fraction of sp³-hybridized carbons (Fsp3) is 0.895. The molecule has 4 unspecified atom stereocenters. The molecule has 0 amide bonds. The molecule has 3 heteroatoms. The molecule has 1 aliphatic heterocycles. The molecule has 0 radical (unpaired) electrons. The number of hydrogen-bond donors (Lipinski definition) is 0. The minimum absolute atomic E-state index is 0.0881. The number of piperidine rings is 1. The molecule has 22 heavy (non-hydrogen) atoms. The molecule has 2 aliphatic rings. The average Bonchev–Trinajstić information content (AvgIpc) is 2.42. The monoisotopic (exact) mass is 306 g/mol. The van der Waals surface area contributed by atoms with Crippen molar-refractivity contribution >= 4 is 11.5 Å². The third kappa shape index (κ3) is 3.79. The van der Waals surface area contributed by atoms with Crippen LogP contribution in [0.5, 0.6) is 0 Å². The molecule has 0 N–H and O–H groups in total. The zero-order valence-corrected chi connectivity index (χ0v) is 15.3. The fourth-order valence-corrected chi connectivity index (χ4v) is 4.90. The van der Waals surface area contributed by atoms with Gasteiger partial charge < -0.3 is 0 Å². The molecule has 1 saturated carbocycles. The second-order valence-corrected chi connectivity index (χ2v) is 8.03. The first-order valence-electron chi connectivity index (χ1n) is 9.08. The Bertz CT molecular complexity index is 419. The molecule has 2 rings (SSSR count). The van der Waals surface area contributed by atoms with Crippen LogP contribution in [0, 0.1) is 17.8 Å². The summed E-state index contributed by atoms with van der Waals surface area (Å²) in [6, 6.07) is 0.897. The smallest absolute Gasteiger partial charge is 0.146 e. The van der Waals surface area contributed by atoms with Crippen LogP contribution in [0.3, 0.4) is 0 Å². The molecule has 126 valence electrons. The van der Waals surface area contributed by atoms with E-state index in [0.717, 1.165) is 25.2 Å². The van der Waals surface area contributed by atoms with E-state index in [4.69, 9.17) is 4.99 Å². The minimum atomic E-state index is 0.0881. The number of nitrogens with zero attached hydrogens (tertiary/aromatic N) is 2. The van der Waals surface area contributed by atoms with Crippen molar-refractivity contribution in [2.75, 3.05) is 7.05 Å². The number of likely N-dealkylation sites (N-methyl/N-ethyl adjacent to an activating group) is 1. The van der Waals surface area contributed by atoms with Crippen molar-refractivity contribution in [1.82, 2.24) is 4.90 Å². The van der Waals surface area contributed by atoms with E-state index >= 15 is 0 Å². The molecule has 4 atom stereocenters. The van der Waals surface area contributed by atoms with Gasteiger partial charge in [-0.1, -0.05) is 20.8 Å². The van der Waals surface area contributed by atoms with Crippen LogP contribution in [0.25, 0.3) is 0 Å². The predicted molar refractivity (Wildman–Crippen MR) is 93.5 cm³/mol. The molecule has 3 nitrogen and oxygen atoms in total. The molecule has 1 saturated heterocycles. The van der Waals surface area contributed by atoms with Gasteiger partial charge in [0.2, 0.25) is 0 Å². The number of hydrogen-bond acceptors (Lipinski definition) is 3. The summed E-state index contributed by atoms with van der Waals surface area (Å²) in [5, 5.41) is 0. The van der Waals surface area contributed by atoms with Crippen molar-refractivity contribution in [3.05, 3.63) is 0 Å². The summed E-state index contributed by atoms with van der Waals surface area (Å²) in [5.41, 5.74) is 1.24. The van der Waals surface area contributed by atoms with Gasteiger partial charge in [-0.2, -0.15) is 0 Å². The molecule has 2 fully saturated rings. The van der Waals surface area contributed by atoms with Crippen LogP contribution in [0.2, 0.25) is 0 Å². The maximum atomic E-state index is 11.8. The Morgan fingerprint density at radius 2 is 1.55 bits per heavy atom. The number of likely N-dealkylation sites (tertiary alicyclic amines) is 1. The van der Waals surface area contributed by atoms with Crippen LogP contribution in [-0.4, -0.2) is 41.6 Å². The summed E-state index contributed by atoms with van der Waals surface area (Å²) in [4.78, 5) is 19.3. The van der Waals surface area contributed by atoms with Gasteiger partial charge in [-0.15, -0.1) is 0 Å². The Morgan fingerprint density at radius 1 is 1.00 bits per heavy atom. The largest absolute Gasteiger partial charge is 0.298 e. The molecule has 0 bridgehead atoms. The molecule has 0 spiro atoms. The lowest BCUT2D eigenvalue weighted by molar-refractivity contribution is -0.123. The van der Waals surface area contributed by atoms with Gasteiger partial charge in [0.15, 0.2) is 0 Å². The number of aliphatic imine (C=N–C) groups is 1. The van der Waals surface area contributed by atoms with Crippen molar-refractivity contribution in [3.63, 3.8) is 0 Å². The summed E-state index contributed by atoms with van der Waals surface area (Å²) in [7, 11) is 2.10. The third-order valence-corrected chi connectivity index (χ3v) is 5.96. The molecular formula is C19H34N2O. The highest BCUT2D eigenvalue weighted by atomic mass is 16.1. The second-order valence-electron chi connectivity index (χ2n) is 8.03. The first-order chi connectivity index (χ1) is 10.3. The quantitative estimate of drug-likeness (QED) is 0.739. The Morgan fingerprint density at radius 3 is 2.09 bits per heavy atom. The van der Waals surface area contributed by atoms with Crippen LogP contribution in [0.15, 0.2) is 4.99 Å². The Balaban J connectivity index is 2.12. The SMILES string of the molecule is CC(=O)C1CCCC(C(C)=NC2C(C)CC(C)CC2C)N1C. The highest BCUT2D eigenvalue weighted by molar-refractivity contribution is 5.89. The van der Waals surface area contributed by atoms with Crippen LogP contribution in [0.1, 0.15) is 66.7 Å². The normalized spacial score (nSPS) is 41.5. The Hall–Kier alpha value is -0.700. The van der Waals surface area contributed by atoms with E-state index in [9.17, 15) is 4.79 Å². The Labute approximate surface area is 136 Å². The van der Waals surface area contributed by atoms with Crippen LogP contribution < -0.4 is 0 Å². The van der Waals surface area contributed by atoms with Crippen molar-refractivity contribution in [2.24, 2.45) is 22.7 Å². The van der Waals surface area contributed by atoms with Crippen LogP contribution >= 0.6 is 0 Å². The molecule has 1 heterocycles. The predicted octanol–water partition coefficient (Wildman–Crippen LogP) is 3.96. The van der Waals surface area contributed by atoms with Gasteiger partial charge in [0.25, 0.3) is 0 Å². The van der Waals surface area contributed by atoms with Crippen molar-refractivity contribution in [3.8, 4) is 0 Å². The molecule has 1 aliphatic carbocycles. The number of Topliss-reactive ketones (excluding diaryl/α,β-unsaturated/α-hetero) is 1. The maximum absolute atomic E-state index is 11.8. The maximum Gasteiger partial charge on any atom is 0.146 e. The van der Waals surface area contributed by atoms with Gasteiger partial charge in [0.05, 0.1) is 12.1 Å². The average molecular weight is 306 g/mol. The topological polar surface area (TPSA) is 32.7 Å². The lowest BCUT2D eigenvalue weighted by atomic mass is 9.74. The number of rotatable bonds is 3. The summed E-state index contributed by atoms with van der Waals surface area (Å²) >= 11 is 0. The highest BCUT2D eigenvalue weighted by Gasteiger charge is 2.34. The summed E-state index contributed by atoms with van der Waals surface area (Å²) in [6.07, 6.45) is 5.87. The van der Waals surface area contributed by atoms with Crippen molar-refractivity contribution < 1.29 is 4.79 Å².